The van der Waals surface area contributed by atoms with Gasteiger partial charge in [0.25, 0.3) is 5.91 Å². The number of aromatic nitrogens is 1. The summed E-state index contributed by atoms with van der Waals surface area (Å²) in [6.07, 6.45) is 3.19. The lowest BCUT2D eigenvalue weighted by atomic mass is 10.0. The number of piperazine rings is 1. The molecule has 206 valence electrons. The predicted octanol–water partition coefficient (Wildman–Crippen LogP) is 2.45. The number of anilines is 1. The number of amides is 2. The summed E-state index contributed by atoms with van der Waals surface area (Å²) in [4.78, 5) is 31.8. The molecule has 3 aromatic rings. The molecule has 2 aromatic carbocycles. The van der Waals surface area contributed by atoms with Crippen LogP contribution in [-0.4, -0.2) is 72.8 Å². The molecule has 2 aliphatic heterocycles. The summed E-state index contributed by atoms with van der Waals surface area (Å²) in [5.74, 6) is -1.03. The minimum absolute atomic E-state index is 0.000945. The van der Waals surface area contributed by atoms with Crippen molar-refractivity contribution in [1.82, 2.24) is 19.7 Å². The predicted molar refractivity (Wildman–Crippen MR) is 150 cm³/mol. The average Bonchev–Trinajstić information content (AvgIpc) is 2.90. The third-order valence-corrected chi connectivity index (χ3v) is 9.31. The molecule has 5 rings (SSSR count). The molecule has 3 heterocycles. The van der Waals surface area contributed by atoms with Crippen LogP contribution in [0.2, 0.25) is 5.02 Å². The monoisotopic (exact) mass is 570 g/mol. The first kappa shape index (κ1) is 27.3. The van der Waals surface area contributed by atoms with Gasteiger partial charge in [0.15, 0.2) is 0 Å². The molecule has 0 aliphatic carbocycles. The van der Waals surface area contributed by atoms with Crippen LogP contribution in [0.1, 0.15) is 25.0 Å². The first-order valence-electron chi connectivity index (χ1n) is 12.8. The van der Waals surface area contributed by atoms with E-state index in [1.54, 1.807) is 36.5 Å². The summed E-state index contributed by atoms with van der Waals surface area (Å²) in [6.45, 7) is 3.16. The highest BCUT2D eigenvalue weighted by molar-refractivity contribution is 7.89. The maximum Gasteiger partial charge on any atom is 0.252 e. The molecule has 39 heavy (non-hydrogen) atoms. The van der Waals surface area contributed by atoms with Crippen LogP contribution in [0.4, 0.5) is 5.69 Å². The van der Waals surface area contributed by atoms with Gasteiger partial charge in [0.2, 0.25) is 15.9 Å². The third kappa shape index (κ3) is 6.01. The Kier molecular flexibility index (Phi) is 7.77. The van der Waals surface area contributed by atoms with Crippen LogP contribution < -0.4 is 16.1 Å². The molecule has 0 spiro atoms. The van der Waals surface area contributed by atoms with E-state index in [-0.39, 0.29) is 30.4 Å². The Balaban J connectivity index is 1.29. The van der Waals surface area contributed by atoms with Gasteiger partial charge in [-0.05, 0) is 66.9 Å². The Hall–Kier alpha value is -3.25. The van der Waals surface area contributed by atoms with Crippen molar-refractivity contribution in [2.45, 2.75) is 43.2 Å². The van der Waals surface area contributed by atoms with Gasteiger partial charge in [0, 0.05) is 54.7 Å². The van der Waals surface area contributed by atoms with E-state index in [1.165, 1.54) is 11.1 Å². The Labute approximate surface area is 232 Å². The smallest absolute Gasteiger partial charge is 0.252 e. The van der Waals surface area contributed by atoms with E-state index in [4.69, 9.17) is 17.3 Å². The number of hydrogen-bond donors (Lipinski definition) is 2. The quantitative estimate of drug-likeness (QED) is 0.446. The molecular weight excluding hydrogens is 540 g/mol. The number of sulfonamides is 1. The number of pyridine rings is 1. The molecule has 12 heteroatoms. The lowest BCUT2D eigenvalue weighted by molar-refractivity contribution is -0.144. The first-order valence-corrected chi connectivity index (χ1v) is 14.7. The zero-order chi connectivity index (χ0) is 27.7. The number of halogens is 1. The number of primary amides is 1. The van der Waals surface area contributed by atoms with E-state index < -0.39 is 27.9 Å². The van der Waals surface area contributed by atoms with Gasteiger partial charge in [0.05, 0.1) is 17.5 Å². The molecule has 0 saturated carbocycles. The number of hydrogen-bond acceptors (Lipinski definition) is 7. The summed E-state index contributed by atoms with van der Waals surface area (Å²) >= 11 is 6.05. The minimum atomic E-state index is -4.00. The van der Waals surface area contributed by atoms with Crippen LogP contribution in [0.5, 0.6) is 0 Å². The number of fused-ring (bicyclic) bond motifs is 1. The maximum absolute atomic E-state index is 13.5. The van der Waals surface area contributed by atoms with Crippen LogP contribution in [0.3, 0.4) is 0 Å². The van der Waals surface area contributed by atoms with Gasteiger partial charge in [-0.2, -0.15) is 4.31 Å². The number of piperidine rings is 1. The highest BCUT2D eigenvalue weighted by Crippen LogP contribution is 2.27. The molecular formula is C27H31ClN6O4S. The summed E-state index contributed by atoms with van der Waals surface area (Å²) in [6, 6.07) is 13.3. The second-order valence-electron chi connectivity index (χ2n) is 10.1. The molecule has 0 bridgehead atoms. The molecule has 2 amide bonds. The Bertz CT molecular complexity index is 1510. The van der Waals surface area contributed by atoms with Crippen molar-refractivity contribution >= 4 is 49.9 Å². The van der Waals surface area contributed by atoms with Gasteiger partial charge in [-0.25, -0.2) is 13.8 Å². The SMILES string of the molecule is Cc1cc(N2CCC(NN3C(=O)CN(S(=O)(=O)c4ccc5cc(Cl)ccc5c4)CC3CC(N)=O)CC2)ccn1. The first-order chi connectivity index (χ1) is 18.6. The van der Waals surface area contributed by atoms with Crippen molar-refractivity contribution < 1.29 is 18.0 Å². The van der Waals surface area contributed by atoms with Gasteiger partial charge in [0.1, 0.15) is 0 Å². The molecule has 1 unspecified atom stereocenters. The second kappa shape index (κ2) is 11.1. The van der Waals surface area contributed by atoms with Crippen molar-refractivity contribution in [3.8, 4) is 0 Å². The fourth-order valence-electron chi connectivity index (χ4n) is 5.26. The molecule has 2 aliphatic rings. The van der Waals surface area contributed by atoms with Gasteiger partial charge in [-0.3, -0.25) is 19.6 Å². The highest BCUT2D eigenvalue weighted by Gasteiger charge is 2.40. The van der Waals surface area contributed by atoms with Crippen molar-refractivity contribution in [3.05, 3.63) is 65.4 Å². The topological polar surface area (TPSA) is 129 Å². The van der Waals surface area contributed by atoms with Gasteiger partial charge in [-0.1, -0.05) is 23.7 Å². The molecule has 2 saturated heterocycles. The maximum atomic E-state index is 13.5. The summed E-state index contributed by atoms with van der Waals surface area (Å²) in [7, 11) is -4.00. The van der Waals surface area contributed by atoms with Crippen molar-refractivity contribution in [2.24, 2.45) is 5.73 Å². The minimum Gasteiger partial charge on any atom is -0.371 e. The number of aryl methyl sites for hydroxylation is 1. The van der Waals surface area contributed by atoms with E-state index in [1.807, 2.05) is 19.1 Å². The number of hydrazine groups is 1. The zero-order valence-corrected chi connectivity index (χ0v) is 23.2. The molecule has 2 fully saturated rings. The average molecular weight is 571 g/mol. The van der Waals surface area contributed by atoms with Gasteiger partial charge >= 0.3 is 0 Å². The fraction of sp³-hybridized carbons (Fsp3) is 0.370. The molecule has 0 radical (unpaired) electrons. The zero-order valence-electron chi connectivity index (χ0n) is 21.6. The Morgan fingerprint density at radius 2 is 1.82 bits per heavy atom. The molecule has 1 aromatic heterocycles. The number of carbonyl (C=O) groups is 2. The van der Waals surface area contributed by atoms with Crippen molar-refractivity contribution in [2.75, 3.05) is 31.1 Å². The normalized spacial score (nSPS) is 19.5. The Morgan fingerprint density at radius 3 is 2.54 bits per heavy atom. The number of rotatable bonds is 7. The third-order valence-electron chi connectivity index (χ3n) is 7.27. The Morgan fingerprint density at radius 1 is 1.10 bits per heavy atom. The van der Waals surface area contributed by atoms with Gasteiger partial charge < -0.3 is 10.6 Å². The van der Waals surface area contributed by atoms with Crippen LogP contribution in [0, 0.1) is 6.92 Å². The van der Waals surface area contributed by atoms with Crippen LogP contribution >= 0.6 is 11.6 Å². The van der Waals surface area contributed by atoms with E-state index in [0.717, 1.165) is 47.0 Å². The number of nitrogens with one attached hydrogen (secondary N) is 1. The number of benzene rings is 2. The second-order valence-corrected chi connectivity index (χ2v) is 12.5. The number of nitrogens with zero attached hydrogens (tertiary/aromatic N) is 4. The number of nitrogens with two attached hydrogens (primary N) is 1. The fourth-order valence-corrected chi connectivity index (χ4v) is 6.90. The lowest BCUT2D eigenvalue weighted by Crippen LogP contribution is -2.65. The summed E-state index contributed by atoms with van der Waals surface area (Å²) in [5.41, 5.74) is 10.9. The molecule has 3 N–H and O–H groups in total. The standard InChI is InChI=1S/C27H31ClN6O4S/c1-18-12-23(6-9-30-18)32-10-7-22(8-11-32)31-34-24(15-26(29)35)16-33(17-27(34)36)39(37,38)25-5-3-19-13-21(28)4-2-20(19)14-25/h2-6,9,12-14,22,24,31H,7-8,10-11,15-17H2,1H3,(H2,29,35). The molecule has 1 atom stereocenters. The van der Waals surface area contributed by atoms with E-state index in [9.17, 15) is 18.0 Å². The van der Waals surface area contributed by atoms with Crippen molar-refractivity contribution in [3.63, 3.8) is 0 Å². The van der Waals surface area contributed by atoms with Gasteiger partial charge in [-0.15, -0.1) is 0 Å². The van der Waals surface area contributed by atoms with Crippen molar-refractivity contribution in [1.29, 1.82) is 0 Å². The molecule has 10 nitrogen and oxygen atoms in total. The van der Waals surface area contributed by atoms with E-state index in [0.29, 0.717) is 10.4 Å². The van der Waals surface area contributed by atoms with Crippen LogP contribution in [-0.2, 0) is 19.6 Å². The van der Waals surface area contributed by atoms with E-state index >= 15 is 0 Å². The van der Waals surface area contributed by atoms with Crippen LogP contribution in [0.25, 0.3) is 10.8 Å². The highest BCUT2D eigenvalue weighted by atomic mass is 35.5. The summed E-state index contributed by atoms with van der Waals surface area (Å²) < 4.78 is 28.2. The largest absolute Gasteiger partial charge is 0.371 e. The lowest BCUT2D eigenvalue weighted by Gasteiger charge is -2.43. The van der Waals surface area contributed by atoms with Crippen LogP contribution in [0.15, 0.2) is 59.6 Å². The summed E-state index contributed by atoms with van der Waals surface area (Å²) in [5, 5.41) is 3.51. The number of carbonyl (C=O) groups excluding carboxylic acids is 2. The van der Waals surface area contributed by atoms with E-state index in [2.05, 4.69) is 15.3 Å².